The highest BCUT2D eigenvalue weighted by molar-refractivity contribution is 9.10. The third-order valence-electron chi connectivity index (χ3n) is 2.95. The van der Waals surface area contributed by atoms with Crippen LogP contribution in [0.1, 0.15) is 11.7 Å². The van der Waals surface area contributed by atoms with Gasteiger partial charge in [-0.05, 0) is 52.3 Å². The molecule has 0 bridgehead atoms. The Labute approximate surface area is 127 Å². The van der Waals surface area contributed by atoms with E-state index in [2.05, 4.69) is 21.2 Å². The van der Waals surface area contributed by atoms with Crippen molar-refractivity contribution in [3.05, 3.63) is 52.3 Å². The average molecular weight is 354 g/mol. The van der Waals surface area contributed by atoms with E-state index in [1.54, 1.807) is 24.3 Å². The number of aliphatic hydroxyl groups excluding tert-OH is 1. The average Bonchev–Trinajstić information content (AvgIpc) is 2.69. The summed E-state index contributed by atoms with van der Waals surface area (Å²) in [6.07, 6.45) is -1.12. The molecule has 1 aliphatic rings. The van der Waals surface area contributed by atoms with Crippen LogP contribution >= 0.6 is 27.7 Å². The van der Waals surface area contributed by atoms with Crippen molar-refractivity contribution in [3.8, 4) is 0 Å². The van der Waals surface area contributed by atoms with Gasteiger partial charge >= 0.3 is 0 Å². The Morgan fingerprint density at radius 3 is 2.65 bits per heavy atom. The predicted molar refractivity (Wildman–Crippen MR) is 78.3 cm³/mol. The summed E-state index contributed by atoms with van der Waals surface area (Å²) in [5.41, 5.74) is 1.17. The van der Waals surface area contributed by atoms with E-state index in [4.69, 9.17) is 0 Å². The molecule has 1 heterocycles. The van der Waals surface area contributed by atoms with Crippen LogP contribution in [-0.4, -0.2) is 11.0 Å². The maximum atomic E-state index is 12.9. The van der Waals surface area contributed by atoms with Gasteiger partial charge in [-0.15, -0.1) is 0 Å². The normalized spacial score (nSPS) is 16.9. The summed E-state index contributed by atoms with van der Waals surface area (Å²) in [5.74, 6) is -0.700. The Bertz CT molecular complexity index is 690. The maximum absolute atomic E-state index is 12.9. The Hall–Kier alpha value is -1.37. The van der Waals surface area contributed by atoms with Crippen LogP contribution in [0.3, 0.4) is 0 Å². The van der Waals surface area contributed by atoms with Gasteiger partial charge in [-0.3, -0.25) is 4.79 Å². The predicted octanol–water partition coefficient (Wildman–Crippen LogP) is 3.72. The smallest absolute Gasteiger partial charge is 0.257 e. The molecule has 0 aromatic heterocycles. The topological polar surface area (TPSA) is 49.3 Å². The Kier molecular flexibility index (Phi) is 3.54. The zero-order valence-corrected chi connectivity index (χ0v) is 12.5. The number of benzene rings is 2. The lowest BCUT2D eigenvalue weighted by Gasteiger charge is -2.08. The van der Waals surface area contributed by atoms with Gasteiger partial charge < -0.3 is 10.4 Å². The van der Waals surface area contributed by atoms with Crippen molar-refractivity contribution in [1.82, 2.24) is 0 Å². The number of anilines is 1. The van der Waals surface area contributed by atoms with Crippen LogP contribution < -0.4 is 5.32 Å². The van der Waals surface area contributed by atoms with Gasteiger partial charge in [-0.1, -0.05) is 11.8 Å². The molecule has 0 saturated heterocycles. The molecular weight excluding hydrogens is 345 g/mol. The van der Waals surface area contributed by atoms with E-state index in [0.717, 1.165) is 14.3 Å². The highest BCUT2D eigenvalue weighted by Gasteiger charge is 2.29. The summed E-state index contributed by atoms with van der Waals surface area (Å²) in [7, 11) is 0. The fraction of sp³-hybridized carbons (Fsp3) is 0.0714. The molecule has 0 fully saturated rings. The van der Waals surface area contributed by atoms with Crippen molar-refractivity contribution in [1.29, 1.82) is 0 Å². The minimum absolute atomic E-state index is 0.280. The molecule has 1 atom stereocenters. The largest absolute Gasteiger partial charge is 0.378 e. The van der Waals surface area contributed by atoms with Gasteiger partial charge in [0, 0.05) is 25.5 Å². The number of aliphatic hydroxyl groups is 1. The molecule has 102 valence electrons. The number of rotatable bonds is 2. The summed E-state index contributed by atoms with van der Waals surface area (Å²) in [6, 6.07) is 9.69. The summed E-state index contributed by atoms with van der Waals surface area (Å²) in [4.78, 5) is 13.2. The second kappa shape index (κ2) is 5.20. The van der Waals surface area contributed by atoms with Crippen LogP contribution in [0.5, 0.6) is 0 Å². The lowest BCUT2D eigenvalue weighted by molar-refractivity contribution is -0.123. The van der Waals surface area contributed by atoms with E-state index in [9.17, 15) is 14.3 Å². The minimum atomic E-state index is -1.12. The van der Waals surface area contributed by atoms with Crippen molar-refractivity contribution in [3.63, 3.8) is 0 Å². The fourth-order valence-electron chi connectivity index (χ4n) is 1.95. The highest BCUT2D eigenvalue weighted by Crippen LogP contribution is 2.41. The standard InChI is InChI=1S/C14H9BrFNO2S/c15-10-5-9-11(17-14(19)13(9)18)6-12(10)20-8-3-1-7(16)2-4-8/h1-6,13,18H,(H,17,19). The molecule has 3 rings (SSSR count). The zero-order valence-electron chi connectivity index (χ0n) is 10.1. The van der Waals surface area contributed by atoms with E-state index in [1.807, 2.05) is 0 Å². The Morgan fingerprint density at radius 1 is 1.25 bits per heavy atom. The molecule has 3 nitrogen and oxygen atoms in total. The van der Waals surface area contributed by atoms with Crippen LogP contribution in [0.2, 0.25) is 0 Å². The number of nitrogens with one attached hydrogen (secondary N) is 1. The number of halogens is 2. The molecule has 0 saturated carbocycles. The third-order valence-corrected chi connectivity index (χ3v) is 4.93. The zero-order chi connectivity index (χ0) is 14.3. The number of hydrogen-bond donors (Lipinski definition) is 2. The second-order valence-corrected chi connectivity index (χ2v) is 6.29. The quantitative estimate of drug-likeness (QED) is 0.864. The van der Waals surface area contributed by atoms with Crippen LogP contribution in [0.25, 0.3) is 0 Å². The number of carbonyl (C=O) groups excluding carboxylic acids is 1. The summed E-state index contributed by atoms with van der Waals surface area (Å²) in [5, 5.41) is 12.3. The summed E-state index contributed by atoms with van der Waals surface area (Å²) >= 11 is 4.87. The number of hydrogen-bond acceptors (Lipinski definition) is 3. The number of carbonyl (C=O) groups is 1. The van der Waals surface area contributed by atoms with E-state index >= 15 is 0 Å². The van der Waals surface area contributed by atoms with E-state index in [-0.39, 0.29) is 5.82 Å². The van der Waals surface area contributed by atoms with Gasteiger partial charge in [0.05, 0.1) is 0 Å². The molecule has 0 spiro atoms. The third kappa shape index (κ3) is 2.46. The Morgan fingerprint density at radius 2 is 1.95 bits per heavy atom. The first-order valence-electron chi connectivity index (χ1n) is 5.80. The van der Waals surface area contributed by atoms with Gasteiger partial charge in [0.2, 0.25) is 0 Å². The molecule has 0 radical (unpaired) electrons. The lowest BCUT2D eigenvalue weighted by Crippen LogP contribution is -2.10. The molecule has 2 aromatic rings. The van der Waals surface area contributed by atoms with Crippen LogP contribution in [0.15, 0.2) is 50.7 Å². The molecule has 6 heteroatoms. The van der Waals surface area contributed by atoms with Gasteiger partial charge in [0.1, 0.15) is 5.82 Å². The molecule has 2 N–H and O–H groups in total. The first kappa shape index (κ1) is 13.6. The van der Waals surface area contributed by atoms with Crippen LogP contribution in [0.4, 0.5) is 10.1 Å². The van der Waals surface area contributed by atoms with Crippen LogP contribution in [-0.2, 0) is 4.79 Å². The monoisotopic (exact) mass is 353 g/mol. The fourth-order valence-corrected chi connectivity index (χ4v) is 3.42. The molecule has 1 amide bonds. The molecule has 0 aliphatic carbocycles. The maximum Gasteiger partial charge on any atom is 0.257 e. The summed E-state index contributed by atoms with van der Waals surface area (Å²) in [6.45, 7) is 0. The number of amides is 1. The van der Waals surface area contributed by atoms with Gasteiger partial charge in [-0.25, -0.2) is 4.39 Å². The molecule has 20 heavy (non-hydrogen) atoms. The van der Waals surface area contributed by atoms with E-state index < -0.39 is 12.0 Å². The van der Waals surface area contributed by atoms with Crippen molar-refractivity contribution >= 4 is 39.3 Å². The first-order chi connectivity index (χ1) is 9.54. The van der Waals surface area contributed by atoms with Crippen molar-refractivity contribution < 1.29 is 14.3 Å². The van der Waals surface area contributed by atoms with E-state index in [0.29, 0.717) is 11.3 Å². The minimum Gasteiger partial charge on any atom is -0.378 e. The van der Waals surface area contributed by atoms with Crippen molar-refractivity contribution in [2.24, 2.45) is 0 Å². The van der Waals surface area contributed by atoms with Gasteiger partial charge in [0.25, 0.3) is 5.91 Å². The summed E-state index contributed by atoms with van der Waals surface area (Å²) < 4.78 is 13.7. The second-order valence-electron chi connectivity index (χ2n) is 4.32. The molecule has 2 aromatic carbocycles. The first-order valence-corrected chi connectivity index (χ1v) is 7.41. The van der Waals surface area contributed by atoms with Crippen molar-refractivity contribution in [2.75, 3.05) is 5.32 Å². The molecular formula is C14H9BrFNO2S. The van der Waals surface area contributed by atoms with E-state index in [1.165, 1.54) is 23.9 Å². The van der Waals surface area contributed by atoms with Gasteiger partial charge in [0.15, 0.2) is 6.10 Å². The van der Waals surface area contributed by atoms with Crippen molar-refractivity contribution in [2.45, 2.75) is 15.9 Å². The molecule has 1 unspecified atom stereocenters. The Balaban J connectivity index is 1.94. The van der Waals surface area contributed by atoms with Crippen LogP contribution in [0, 0.1) is 5.82 Å². The molecule has 1 aliphatic heterocycles. The SMILES string of the molecule is O=C1Nc2cc(Sc3ccc(F)cc3)c(Br)cc2C1O. The lowest BCUT2D eigenvalue weighted by atomic mass is 10.1. The van der Waals surface area contributed by atoms with Gasteiger partial charge in [-0.2, -0.15) is 0 Å². The number of fused-ring (bicyclic) bond motifs is 1. The highest BCUT2D eigenvalue weighted by atomic mass is 79.9.